The number of hydrogen-bond donors (Lipinski definition) is 2. The number of carbonyl (C=O) groups is 1. The monoisotopic (exact) mass is 290 g/mol. The van der Waals surface area contributed by atoms with Crippen LogP contribution in [0.25, 0.3) is 0 Å². The van der Waals surface area contributed by atoms with Crippen LogP contribution in [0.4, 0.5) is 5.95 Å². The zero-order chi connectivity index (χ0) is 13.4. The molecule has 0 spiro atoms. The molecule has 0 aliphatic rings. The summed E-state index contributed by atoms with van der Waals surface area (Å²) in [6, 6.07) is 0. The van der Waals surface area contributed by atoms with Crippen molar-refractivity contribution in [1.82, 2.24) is 14.8 Å². The average molecular weight is 290 g/mol. The summed E-state index contributed by atoms with van der Waals surface area (Å²) >= 11 is 2.99. The van der Waals surface area contributed by atoms with Gasteiger partial charge in [-0.15, -0.1) is 10.2 Å². The summed E-state index contributed by atoms with van der Waals surface area (Å²) in [5.41, 5.74) is 5.71. The number of thioether (sulfide) groups is 2. The first-order valence-corrected chi connectivity index (χ1v) is 8.05. The van der Waals surface area contributed by atoms with E-state index in [1.54, 1.807) is 4.57 Å². The predicted molar refractivity (Wildman–Crippen MR) is 75.0 cm³/mol. The highest BCUT2D eigenvalue weighted by molar-refractivity contribution is 7.99. The number of carboxylic acids is 1. The molecule has 3 N–H and O–H groups in total. The van der Waals surface area contributed by atoms with Crippen molar-refractivity contribution in [2.45, 2.75) is 31.0 Å². The van der Waals surface area contributed by atoms with Gasteiger partial charge in [0, 0.05) is 6.54 Å². The summed E-state index contributed by atoms with van der Waals surface area (Å²) in [7, 11) is 0. The molecule has 0 saturated heterocycles. The Morgan fingerprint density at radius 1 is 1.39 bits per heavy atom. The number of nitrogens with zero attached hydrogens (tertiary/aromatic N) is 3. The predicted octanol–water partition coefficient (Wildman–Crippen LogP) is 1.57. The van der Waals surface area contributed by atoms with Crippen molar-refractivity contribution in [3.05, 3.63) is 0 Å². The minimum Gasteiger partial charge on any atom is -0.481 e. The lowest BCUT2D eigenvalue weighted by Gasteiger charge is -2.06. The van der Waals surface area contributed by atoms with Gasteiger partial charge in [0.2, 0.25) is 5.95 Å². The highest BCUT2D eigenvalue weighted by Gasteiger charge is 2.11. The first-order valence-electron chi connectivity index (χ1n) is 5.67. The molecule has 0 fully saturated rings. The highest BCUT2D eigenvalue weighted by atomic mass is 32.2. The van der Waals surface area contributed by atoms with E-state index >= 15 is 0 Å². The smallest absolute Gasteiger partial charge is 0.313 e. The van der Waals surface area contributed by atoms with Crippen LogP contribution in [0.2, 0.25) is 0 Å². The molecular formula is C10H18N4O2S2. The maximum atomic E-state index is 10.5. The van der Waals surface area contributed by atoms with Crippen molar-refractivity contribution in [3.63, 3.8) is 0 Å². The Morgan fingerprint density at radius 2 is 2.17 bits per heavy atom. The number of aliphatic carboxylic acids is 1. The Labute approximate surface area is 115 Å². The van der Waals surface area contributed by atoms with Gasteiger partial charge >= 0.3 is 5.97 Å². The van der Waals surface area contributed by atoms with E-state index in [4.69, 9.17) is 10.8 Å². The van der Waals surface area contributed by atoms with E-state index in [0.717, 1.165) is 36.9 Å². The summed E-state index contributed by atoms with van der Waals surface area (Å²) in [6.07, 6.45) is 5.41. The molecule has 0 saturated carbocycles. The summed E-state index contributed by atoms with van der Waals surface area (Å²) in [6.45, 7) is 0.745. The Hall–Kier alpha value is -0.890. The minimum absolute atomic E-state index is 0.0232. The van der Waals surface area contributed by atoms with Crippen molar-refractivity contribution in [1.29, 1.82) is 0 Å². The third kappa shape index (κ3) is 5.18. The van der Waals surface area contributed by atoms with Gasteiger partial charge in [0.05, 0.1) is 5.75 Å². The van der Waals surface area contributed by atoms with Gasteiger partial charge < -0.3 is 10.8 Å². The van der Waals surface area contributed by atoms with Gasteiger partial charge in [-0.3, -0.25) is 9.36 Å². The molecule has 0 aromatic carbocycles. The van der Waals surface area contributed by atoms with Crippen molar-refractivity contribution in [3.8, 4) is 0 Å². The molecule has 102 valence electrons. The maximum Gasteiger partial charge on any atom is 0.313 e. The number of aromatic nitrogens is 3. The van der Waals surface area contributed by atoms with Crippen LogP contribution >= 0.6 is 23.5 Å². The van der Waals surface area contributed by atoms with Crippen LogP contribution in [0.5, 0.6) is 0 Å². The Balaban J connectivity index is 2.42. The first kappa shape index (κ1) is 15.2. The third-order valence-electron chi connectivity index (χ3n) is 2.30. The van der Waals surface area contributed by atoms with E-state index in [2.05, 4.69) is 16.5 Å². The van der Waals surface area contributed by atoms with Crippen LogP contribution in [0.1, 0.15) is 19.3 Å². The molecule has 1 aromatic rings. The lowest BCUT2D eigenvalue weighted by Crippen LogP contribution is -2.06. The van der Waals surface area contributed by atoms with Gasteiger partial charge in [-0.2, -0.15) is 11.8 Å². The van der Waals surface area contributed by atoms with E-state index in [0.29, 0.717) is 11.1 Å². The third-order valence-corrected chi connectivity index (χ3v) is 3.95. The lowest BCUT2D eigenvalue weighted by atomic mass is 10.2. The van der Waals surface area contributed by atoms with Crippen LogP contribution in [0, 0.1) is 0 Å². The number of unbranched alkanes of at least 4 members (excludes halogenated alkanes) is 2. The van der Waals surface area contributed by atoms with Gasteiger partial charge in [0.15, 0.2) is 5.16 Å². The molecule has 0 unspecified atom stereocenters. The molecule has 1 aromatic heterocycles. The van der Waals surface area contributed by atoms with Crippen molar-refractivity contribution in [2.24, 2.45) is 0 Å². The zero-order valence-corrected chi connectivity index (χ0v) is 12.0. The van der Waals surface area contributed by atoms with Crippen LogP contribution in [-0.4, -0.2) is 43.6 Å². The summed E-state index contributed by atoms with van der Waals surface area (Å²) < 4.78 is 1.78. The van der Waals surface area contributed by atoms with Gasteiger partial charge in [-0.25, -0.2) is 0 Å². The van der Waals surface area contributed by atoms with Crippen LogP contribution in [0.15, 0.2) is 5.16 Å². The van der Waals surface area contributed by atoms with Crippen LogP contribution in [0.3, 0.4) is 0 Å². The molecule has 6 nitrogen and oxygen atoms in total. The molecule has 0 amide bonds. The van der Waals surface area contributed by atoms with Gasteiger partial charge in [0.1, 0.15) is 0 Å². The molecule has 0 bridgehead atoms. The van der Waals surface area contributed by atoms with E-state index in [9.17, 15) is 4.79 Å². The second kappa shape index (κ2) is 8.25. The number of nitrogen functional groups attached to an aromatic ring is 1. The van der Waals surface area contributed by atoms with Gasteiger partial charge in [0.25, 0.3) is 0 Å². The number of anilines is 1. The van der Waals surface area contributed by atoms with E-state index < -0.39 is 5.97 Å². The number of nitrogens with two attached hydrogens (primary N) is 1. The van der Waals surface area contributed by atoms with Crippen molar-refractivity contribution >= 4 is 35.4 Å². The molecule has 1 heterocycles. The lowest BCUT2D eigenvalue weighted by molar-refractivity contribution is -0.133. The van der Waals surface area contributed by atoms with Gasteiger partial charge in [-0.1, -0.05) is 18.2 Å². The first-order chi connectivity index (χ1) is 8.65. The maximum absolute atomic E-state index is 10.5. The van der Waals surface area contributed by atoms with Crippen molar-refractivity contribution < 1.29 is 9.90 Å². The van der Waals surface area contributed by atoms with E-state index in [1.807, 2.05) is 11.8 Å². The topological polar surface area (TPSA) is 94.0 Å². The molecular weight excluding hydrogens is 272 g/mol. The van der Waals surface area contributed by atoms with Crippen LogP contribution in [-0.2, 0) is 11.3 Å². The van der Waals surface area contributed by atoms with Crippen molar-refractivity contribution in [2.75, 3.05) is 23.5 Å². The normalized spacial score (nSPS) is 10.7. The molecule has 0 atom stereocenters. The molecule has 18 heavy (non-hydrogen) atoms. The fourth-order valence-corrected chi connectivity index (χ4v) is 2.62. The Morgan fingerprint density at radius 3 is 2.83 bits per heavy atom. The highest BCUT2D eigenvalue weighted by Crippen LogP contribution is 2.18. The standard InChI is InChI=1S/C10H18N4O2S2/c1-17-6-4-2-3-5-14-9(11)12-13-10(14)18-7-8(15)16/h2-7H2,1H3,(H2,11,12)(H,15,16). The van der Waals surface area contributed by atoms with Gasteiger partial charge in [-0.05, 0) is 24.9 Å². The molecule has 0 radical (unpaired) electrons. The molecule has 0 aliphatic heterocycles. The SMILES string of the molecule is CSCCCCCn1c(N)nnc1SCC(=O)O. The Bertz CT molecular complexity index is 384. The summed E-state index contributed by atoms with van der Waals surface area (Å²) in [5.74, 6) is 0.629. The largest absolute Gasteiger partial charge is 0.481 e. The second-order valence-corrected chi connectivity index (χ2v) is 5.66. The van der Waals surface area contributed by atoms with E-state index in [-0.39, 0.29) is 5.75 Å². The quantitative estimate of drug-likeness (QED) is 0.526. The molecule has 8 heteroatoms. The number of carboxylic acid groups (broad SMARTS) is 1. The second-order valence-electron chi connectivity index (χ2n) is 3.73. The Kier molecular flexibility index (Phi) is 6.96. The van der Waals surface area contributed by atoms with Crippen LogP contribution < -0.4 is 5.73 Å². The van der Waals surface area contributed by atoms with E-state index in [1.165, 1.54) is 6.42 Å². The average Bonchev–Trinajstić information content (AvgIpc) is 2.68. The minimum atomic E-state index is -0.868. The number of hydrogen-bond acceptors (Lipinski definition) is 6. The fraction of sp³-hybridized carbons (Fsp3) is 0.700. The summed E-state index contributed by atoms with van der Waals surface area (Å²) in [4.78, 5) is 10.5. The fourth-order valence-electron chi connectivity index (χ4n) is 1.44. The molecule has 1 rings (SSSR count). The number of rotatable bonds is 9. The summed E-state index contributed by atoms with van der Waals surface area (Å²) in [5, 5.41) is 16.9. The zero-order valence-electron chi connectivity index (χ0n) is 10.3. The molecule has 0 aliphatic carbocycles.